The van der Waals surface area contributed by atoms with E-state index >= 15 is 0 Å². The molecule has 0 bridgehead atoms. The number of benzene rings is 2. The first-order valence-corrected chi connectivity index (χ1v) is 6.99. The molecule has 0 saturated carbocycles. The molecule has 4 nitrogen and oxygen atoms in total. The molecule has 4 rings (SSSR count). The molecule has 3 aromatic rings. The van der Waals surface area contributed by atoms with Crippen molar-refractivity contribution in [2.45, 2.75) is 18.6 Å². The first-order valence-electron chi connectivity index (χ1n) is 6.99. The van der Waals surface area contributed by atoms with E-state index in [0.717, 1.165) is 11.0 Å². The number of aromatic nitrogens is 3. The number of rotatable bonds is 3. The number of hydrogen-bond acceptors (Lipinski definition) is 3. The van der Waals surface area contributed by atoms with E-state index < -0.39 is 0 Å². The van der Waals surface area contributed by atoms with Crippen LogP contribution in [0, 0.1) is 0 Å². The summed E-state index contributed by atoms with van der Waals surface area (Å²) in [6.07, 6.45) is 4.03. The molecule has 0 aliphatic carbocycles. The molecule has 2 aromatic carbocycles. The van der Waals surface area contributed by atoms with Gasteiger partial charge in [-0.2, -0.15) is 0 Å². The Morgan fingerprint density at radius 2 is 1.86 bits per heavy atom. The van der Waals surface area contributed by atoms with Gasteiger partial charge in [0.05, 0.1) is 5.52 Å². The Labute approximate surface area is 122 Å². The first-order chi connectivity index (χ1) is 10.3. The average Bonchev–Trinajstić information content (AvgIpc) is 3.04. The summed E-state index contributed by atoms with van der Waals surface area (Å²) in [5, 5.41) is 8.27. The van der Waals surface area contributed by atoms with Gasteiger partial charge >= 0.3 is 0 Å². The van der Waals surface area contributed by atoms with Crippen LogP contribution >= 0.6 is 0 Å². The predicted octanol–water partition coefficient (Wildman–Crippen LogP) is 3.22. The Bertz CT molecular complexity index is 809. The summed E-state index contributed by atoms with van der Waals surface area (Å²) in [7, 11) is 0. The Kier molecular flexibility index (Phi) is 2.65. The van der Waals surface area contributed by atoms with Crippen LogP contribution in [0.1, 0.15) is 12.5 Å². The molecule has 1 aliphatic heterocycles. The number of para-hydroxylation sites is 1. The van der Waals surface area contributed by atoms with Crippen molar-refractivity contribution in [2.75, 3.05) is 0 Å². The molecule has 4 heteroatoms. The lowest BCUT2D eigenvalue weighted by atomic mass is 9.97. The molecule has 2 heterocycles. The number of nitrogens with zero attached hydrogens (tertiary/aromatic N) is 3. The molecule has 0 amide bonds. The highest BCUT2D eigenvalue weighted by Gasteiger charge is 2.51. The highest BCUT2D eigenvalue weighted by atomic mass is 16.6. The normalized spacial score (nSPS) is 24.7. The van der Waals surface area contributed by atoms with Crippen LogP contribution in [-0.4, -0.2) is 21.1 Å². The third-order valence-electron chi connectivity index (χ3n) is 3.98. The van der Waals surface area contributed by atoms with E-state index in [1.54, 1.807) is 4.68 Å². The van der Waals surface area contributed by atoms with Gasteiger partial charge in [0.15, 0.2) is 0 Å². The van der Waals surface area contributed by atoms with Gasteiger partial charge < -0.3 is 4.74 Å². The number of ether oxygens (including phenoxy) is 1. The number of fused-ring (bicyclic) bond motifs is 1. The summed E-state index contributed by atoms with van der Waals surface area (Å²) < 4.78 is 7.63. The third-order valence-corrected chi connectivity index (χ3v) is 3.98. The van der Waals surface area contributed by atoms with Gasteiger partial charge in [0, 0.05) is 6.20 Å². The van der Waals surface area contributed by atoms with E-state index in [-0.39, 0.29) is 11.7 Å². The summed E-state index contributed by atoms with van der Waals surface area (Å²) in [6, 6.07) is 18.2. The minimum Gasteiger partial charge on any atom is -0.357 e. The summed E-state index contributed by atoms with van der Waals surface area (Å²) >= 11 is 0. The highest BCUT2D eigenvalue weighted by Crippen LogP contribution is 2.46. The molecule has 2 atom stereocenters. The van der Waals surface area contributed by atoms with Gasteiger partial charge in [-0.05, 0) is 30.7 Å². The van der Waals surface area contributed by atoms with Crippen molar-refractivity contribution in [1.29, 1.82) is 0 Å². The van der Waals surface area contributed by atoms with E-state index in [1.807, 2.05) is 54.7 Å². The molecule has 0 N–H and O–H groups in total. The van der Waals surface area contributed by atoms with Crippen molar-refractivity contribution in [1.82, 2.24) is 15.0 Å². The van der Waals surface area contributed by atoms with Gasteiger partial charge in [-0.1, -0.05) is 47.7 Å². The molecule has 1 saturated heterocycles. The van der Waals surface area contributed by atoms with Crippen LogP contribution in [0.15, 0.2) is 60.7 Å². The van der Waals surface area contributed by atoms with E-state index in [2.05, 4.69) is 29.4 Å². The van der Waals surface area contributed by atoms with E-state index in [1.165, 1.54) is 5.56 Å². The van der Waals surface area contributed by atoms with Crippen molar-refractivity contribution >= 4 is 17.2 Å². The van der Waals surface area contributed by atoms with Gasteiger partial charge in [-0.15, -0.1) is 5.10 Å². The molecule has 1 fully saturated rings. The molecule has 21 heavy (non-hydrogen) atoms. The van der Waals surface area contributed by atoms with Crippen molar-refractivity contribution in [3.8, 4) is 0 Å². The quantitative estimate of drug-likeness (QED) is 0.690. The smallest absolute Gasteiger partial charge is 0.121 e. The third kappa shape index (κ3) is 2.04. The topological polar surface area (TPSA) is 43.2 Å². The molecule has 0 spiro atoms. The molecule has 0 radical (unpaired) electrons. The minimum absolute atomic E-state index is 0.0721. The van der Waals surface area contributed by atoms with Crippen LogP contribution in [0.4, 0.5) is 0 Å². The maximum absolute atomic E-state index is 5.85. The predicted molar refractivity (Wildman–Crippen MR) is 81.5 cm³/mol. The van der Waals surface area contributed by atoms with Gasteiger partial charge in [0.25, 0.3) is 0 Å². The summed E-state index contributed by atoms with van der Waals surface area (Å²) in [5.41, 5.74) is 2.86. The highest BCUT2D eigenvalue weighted by molar-refractivity contribution is 5.75. The van der Waals surface area contributed by atoms with Gasteiger partial charge in [-0.3, -0.25) is 0 Å². The Balaban J connectivity index is 1.58. The van der Waals surface area contributed by atoms with Crippen LogP contribution in [0.5, 0.6) is 0 Å². The van der Waals surface area contributed by atoms with Gasteiger partial charge in [-0.25, -0.2) is 4.68 Å². The second-order valence-corrected chi connectivity index (χ2v) is 5.38. The zero-order valence-electron chi connectivity index (χ0n) is 11.7. The van der Waals surface area contributed by atoms with Crippen LogP contribution in [0.25, 0.3) is 17.2 Å². The van der Waals surface area contributed by atoms with Crippen LogP contribution in [-0.2, 0) is 10.3 Å². The fraction of sp³-hybridized carbons (Fsp3) is 0.176. The van der Waals surface area contributed by atoms with Crippen LogP contribution in [0.2, 0.25) is 0 Å². The SMILES string of the molecule is C[C@]1(c2ccccc2)O[C@@H]1/C=C/n1nnc2ccccc21. The number of epoxide rings is 1. The molecular weight excluding hydrogens is 262 g/mol. The summed E-state index contributed by atoms with van der Waals surface area (Å²) in [6.45, 7) is 2.11. The van der Waals surface area contributed by atoms with Crippen LogP contribution < -0.4 is 0 Å². The zero-order valence-corrected chi connectivity index (χ0v) is 11.7. The fourth-order valence-corrected chi connectivity index (χ4v) is 2.61. The fourth-order valence-electron chi connectivity index (χ4n) is 2.61. The largest absolute Gasteiger partial charge is 0.357 e. The second kappa shape index (κ2) is 4.53. The molecule has 1 aliphatic rings. The number of hydrogen-bond donors (Lipinski definition) is 0. The maximum atomic E-state index is 5.85. The van der Waals surface area contributed by atoms with Gasteiger partial charge in [0.2, 0.25) is 0 Å². The van der Waals surface area contributed by atoms with E-state index in [0.29, 0.717) is 0 Å². The van der Waals surface area contributed by atoms with Crippen molar-refractivity contribution in [3.05, 3.63) is 66.2 Å². The van der Waals surface area contributed by atoms with E-state index in [4.69, 9.17) is 4.74 Å². The lowest BCUT2D eigenvalue weighted by Crippen LogP contribution is -2.05. The van der Waals surface area contributed by atoms with Crippen LogP contribution in [0.3, 0.4) is 0 Å². The summed E-state index contributed by atoms with van der Waals surface area (Å²) in [5.74, 6) is 0. The second-order valence-electron chi connectivity index (χ2n) is 5.38. The molecular formula is C17H15N3O. The van der Waals surface area contributed by atoms with Gasteiger partial charge in [0.1, 0.15) is 17.2 Å². The Morgan fingerprint density at radius 1 is 1.10 bits per heavy atom. The van der Waals surface area contributed by atoms with E-state index in [9.17, 15) is 0 Å². The Morgan fingerprint density at radius 3 is 2.71 bits per heavy atom. The van der Waals surface area contributed by atoms with Crippen molar-refractivity contribution in [2.24, 2.45) is 0 Å². The minimum atomic E-state index is -0.228. The zero-order chi connectivity index (χ0) is 14.3. The summed E-state index contributed by atoms with van der Waals surface area (Å²) in [4.78, 5) is 0. The average molecular weight is 277 g/mol. The van der Waals surface area contributed by atoms with Crippen molar-refractivity contribution in [3.63, 3.8) is 0 Å². The van der Waals surface area contributed by atoms with Crippen molar-refractivity contribution < 1.29 is 4.74 Å². The molecule has 0 unspecified atom stereocenters. The first kappa shape index (κ1) is 12.3. The monoisotopic (exact) mass is 277 g/mol. The lowest BCUT2D eigenvalue weighted by molar-refractivity contribution is 0.320. The standard InChI is InChI=1S/C17H15N3O/c1-17(13-7-3-2-4-8-13)16(21-17)11-12-20-15-10-6-5-9-14(15)18-19-20/h2-12,16H,1H3/b12-11+/t16-,17-/m1/s1. The maximum Gasteiger partial charge on any atom is 0.121 e. The molecule has 104 valence electrons. The molecule has 1 aromatic heterocycles. The Hall–Kier alpha value is -2.46. The lowest BCUT2D eigenvalue weighted by Gasteiger charge is -2.04.